The zero-order chi connectivity index (χ0) is 14.8. The summed E-state index contributed by atoms with van der Waals surface area (Å²) >= 11 is 0. The minimum Gasteiger partial charge on any atom is -0.493 e. The van der Waals surface area contributed by atoms with E-state index in [0.29, 0.717) is 6.04 Å². The highest BCUT2D eigenvalue weighted by molar-refractivity contribution is 5.43. The number of hydrogen-bond acceptors (Lipinski definition) is 4. The van der Waals surface area contributed by atoms with Crippen molar-refractivity contribution in [3.05, 3.63) is 23.8 Å². The molecule has 1 rings (SSSR count). The van der Waals surface area contributed by atoms with Gasteiger partial charge in [-0.15, -0.1) is 0 Å². The standard InChI is InChI=1S/C16H27NO3/c1-5-17-14(8-7-11-20-6-2)13-9-10-15(18-3)16(12-13)19-4/h9-10,12,14,17H,5-8,11H2,1-4H3. The molecule has 4 heteroatoms. The van der Waals surface area contributed by atoms with Crippen LogP contribution >= 0.6 is 0 Å². The van der Waals surface area contributed by atoms with Gasteiger partial charge in [-0.05, 0) is 44.0 Å². The third-order valence-electron chi connectivity index (χ3n) is 3.25. The van der Waals surface area contributed by atoms with Crippen molar-refractivity contribution in [2.75, 3.05) is 34.0 Å². The summed E-state index contributed by atoms with van der Waals surface area (Å²) in [5.74, 6) is 1.54. The monoisotopic (exact) mass is 281 g/mol. The number of rotatable bonds is 10. The highest BCUT2D eigenvalue weighted by atomic mass is 16.5. The predicted octanol–water partition coefficient (Wildman–Crippen LogP) is 3.17. The minimum absolute atomic E-state index is 0.320. The van der Waals surface area contributed by atoms with E-state index in [1.807, 2.05) is 19.1 Å². The molecular weight excluding hydrogens is 254 g/mol. The third-order valence-corrected chi connectivity index (χ3v) is 3.25. The summed E-state index contributed by atoms with van der Waals surface area (Å²) in [4.78, 5) is 0. The smallest absolute Gasteiger partial charge is 0.161 e. The van der Waals surface area contributed by atoms with Crippen LogP contribution in [0.4, 0.5) is 0 Å². The summed E-state index contributed by atoms with van der Waals surface area (Å²) in [7, 11) is 3.32. The first-order chi connectivity index (χ1) is 9.76. The van der Waals surface area contributed by atoms with Crippen LogP contribution in [0.2, 0.25) is 0 Å². The molecule has 0 aliphatic heterocycles. The Morgan fingerprint density at radius 3 is 2.45 bits per heavy atom. The maximum absolute atomic E-state index is 5.41. The number of benzene rings is 1. The van der Waals surface area contributed by atoms with E-state index in [2.05, 4.69) is 18.3 Å². The average molecular weight is 281 g/mol. The molecule has 4 nitrogen and oxygen atoms in total. The van der Waals surface area contributed by atoms with Crippen molar-refractivity contribution in [2.45, 2.75) is 32.7 Å². The predicted molar refractivity (Wildman–Crippen MR) is 81.7 cm³/mol. The van der Waals surface area contributed by atoms with E-state index in [1.165, 1.54) is 5.56 Å². The van der Waals surface area contributed by atoms with Gasteiger partial charge >= 0.3 is 0 Å². The quantitative estimate of drug-likeness (QED) is 0.669. The summed E-state index contributed by atoms with van der Waals surface area (Å²) < 4.78 is 16.1. The van der Waals surface area contributed by atoms with Crippen molar-refractivity contribution in [3.8, 4) is 11.5 Å². The molecule has 0 aliphatic rings. The first kappa shape index (κ1) is 16.8. The first-order valence-electron chi connectivity index (χ1n) is 7.29. The average Bonchev–Trinajstić information content (AvgIpc) is 2.49. The molecule has 0 heterocycles. The van der Waals surface area contributed by atoms with Crippen LogP contribution in [-0.4, -0.2) is 34.0 Å². The molecule has 0 saturated carbocycles. The molecule has 1 aromatic carbocycles. The van der Waals surface area contributed by atoms with Crippen molar-refractivity contribution in [3.63, 3.8) is 0 Å². The van der Waals surface area contributed by atoms with E-state index in [0.717, 1.165) is 44.1 Å². The van der Waals surface area contributed by atoms with Gasteiger partial charge in [0.25, 0.3) is 0 Å². The molecule has 1 unspecified atom stereocenters. The van der Waals surface area contributed by atoms with Crippen LogP contribution in [0.3, 0.4) is 0 Å². The van der Waals surface area contributed by atoms with Gasteiger partial charge in [0.15, 0.2) is 11.5 Å². The largest absolute Gasteiger partial charge is 0.493 e. The van der Waals surface area contributed by atoms with E-state index in [4.69, 9.17) is 14.2 Å². The van der Waals surface area contributed by atoms with Crippen molar-refractivity contribution in [2.24, 2.45) is 0 Å². The van der Waals surface area contributed by atoms with Crippen LogP contribution in [0.25, 0.3) is 0 Å². The normalized spacial score (nSPS) is 12.2. The van der Waals surface area contributed by atoms with E-state index in [1.54, 1.807) is 14.2 Å². The molecular formula is C16H27NO3. The number of hydrogen-bond donors (Lipinski definition) is 1. The Hall–Kier alpha value is -1.26. The fourth-order valence-corrected chi connectivity index (χ4v) is 2.24. The van der Waals surface area contributed by atoms with E-state index < -0.39 is 0 Å². The molecule has 0 fully saturated rings. The molecule has 0 aliphatic carbocycles. The summed E-state index contributed by atoms with van der Waals surface area (Å²) in [6, 6.07) is 6.42. The number of ether oxygens (including phenoxy) is 3. The van der Waals surface area contributed by atoms with Gasteiger partial charge in [-0.1, -0.05) is 13.0 Å². The SMILES string of the molecule is CCNC(CCCOCC)c1ccc(OC)c(OC)c1. The molecule has 0 radical (unpaired) electrons. The van der Waals surface area contributed by atoms with Gasteiger partial charge in [0.2, 0.25) is 0 Å². The molecule has 1 N–H and O–H groups in total. The third kappa shape index (κ3) is 5.02. The van der Waals surface area contributed by atoms with Crippen LogP contribution in [-0.2, 0) is 4.74 Å². The second-order valence-electron chi connectivity index (χ2n) is 4.56. The molecule has 114 valence electrons. The number of nitrogens with one attached hydrogen (secondary N) is 1. The van der Waals surface area contributed by atoms with Crippen LogP contribution < -0.4 is 14.8 Å². The zero-order valence-corrected chi connectivity index (χ0v) is 13.1. The maximum Gasteiger partial charge on any atom is 0.161 e. The van der Waals surface area contributed by atoms with Crippen molar-refractivity contribution < 1.29 is 14.2 Å². The van der Waals surface area contributed by atoms with Crippen LogP contribution in [0.1, 0.15) is 38.3 Å². The Morgan fingerprint density at radius 1 is 1.10 bits per heavy atom. The molecule has 0 spiro atoms. The highest BCUT2D eigenvalue weighted by Gasteiger charge is 2.13. The van der Waals surface area contributed by atoms with Crippen LogP contribution in [0.15, 0.2) is 18.2 Å². The Bertz CT molecular complexity index is 382. The Balaban J connectivity index is 2.74. The van der Waals surface area contributed by atoms with Crippen LogP contribution in [0, 0.1) is 0 Å². The second kappa shape index (κ2) is 9.61. The van der Waals surface area contributed by atoms with Crippen molar-refractivity contribution >= 4 is 0 Å². The van der Waals surface area contributed by atoms with Gasteiger partial charge in [-0.2, -0.15) is 0 Å². The Kier molecular flexibility index (Phi) is 8.07. The minimum atomic E-state index is 0.320. The highest BCUT2D eigenvalue weighted by Crippen LogP contribution is 2.31. The van der Waals surface area contributed by atoms with Gasteiger partial charge in [-0.3, -0.25) is 0 Å². The number of methoxy groups -OCH3 is 2. The van der Waals surface area contributed by atoms with E-state index in [-0.39, 0.29) is 0 Å². The fraction of sp³-hybridized carbons (Fsp3) is 0.625. The fourth-order valence-electron chi connectivity index (χ4n) is 2.24. The first-order valence-corrected chi connectivity index (χ1v) is 7.29. The molecule has 1 aromatic rings. The topological polar surface area (TPSA) is 39.7 Å². The lowest BCUT2D eigenvalue weighted by atomic mass is 10.0. The summed E-state index contributed by atoms with van der Waals surface area (Å²) in [6.07, 6.45) is 2.09. The van der Waals surface area contributed by atoms with Gasteiger partial charge < -0.3 is 19.5 Å². The van der Waals surface area contributed by atoms with Gasteiger partial charge in [0.05, 0.1) is 14.2 Å². The Morgan fingerprint density at radius 2 is 1.85 bits per heavy atom. The lowest BCUT2D eigenvalue weighted by Crippen LogP contribution is -2.21. The molecule has 0 aromatic heterocycles. The molecule has 0 amide bonds. The molecule has 20 heavy (non-hydrogen) atoms. The summed E-state index contributed by atoms with van der Waals surface area (Å²) in [5.41, 5.74) is 1.22. The second-order valence-corrected chi connectivity index (χ2v) is 4.56. The lowest BCUT2D eigenvalue weighted by Gasteiger charge is -2.20. The maximum atomic E-state index is 5.41. The van der Waals surface area contributed by atoms with Crippen LogP contribution in [0.5, 0.6) is 11.5 Å². The van der Waals surface area contributed by atoms with Crippen molar-refractivity contribution in [1.82, 2.24) is 5.32 Å². The van der Waals surface area contributed by atoms with Gasteiger partial charge in [-0.25, -0.2) is 0 Å². The molecule has 1 atom stereocenters. The van der Waals surface area contributed by atoms with E-state index >= 15 is 0 Å². The van der Waals surface area contributed by atoms with Crippen molar-refractivity contribution in [1.29, 1.82) is 0 Å². The Labute approximate surface area is 122 Å². The summed E-state index contributed by atoms with van der Waals surface area (Å²) in [6.45, 7) is 6.67. The molecule has 0 saturated heterocycles. The van der Waals surface area contributed by atoms with E-state index in [9.17, 15) is 0 Å². The lowest BCUT2D eigenvalue weighted by molar-refractivity contribution is 0.141. The molecule has 0 bridgehead atoms. The van der Waals surface area contributed by atoms with Gasteiger partial charge in [0, 0.05) is 19.3 Å². The summed E-state index contributed by atoms with van der Waals surface area (Å²) in [5, 5.41) is 3.51. The van der Waals surface area contributed by atoms with Gasteiger partial charge in [0.1, 0.15) is 0 Å². The zero-order valence-electron chi connectivity index (χ0n) is 13.1.